The summed E-state index contributed by atoms with van der Waals surface area (Å²) in [5, 5.41) is 14.3. The first-order valence-corrected chi connectivity index (χ1v) is 20.0. The Hall–Kier alpha value is -8.20. The highest BCUT2D eigenvalue weighted by Gasteiger charge is 2.23. The highest BCUT2D eigenvalue weighted by molar-refractivity contribution is 6.14. The van der Waals surface area contributed by atoms with Gasteiger partial charge in [0.1, 0.15) is 6.17 Å². The third-order valence-corrected chi connectivity index (χ3v) is 11.0. The largest absolute Gasteiger partial charge is 0.359 e. The summed E-state index contributed by atoms with van der Waals surface area (Å²) in [5.74, 6) is 0.704. The predicted octanol–water partition coefficient (Wildman–Crippen LogP) is 13.0. The van der Waals surface area contributed by atoms with Crippen LogP contribution in [-0.4, -0.2) is 15.7 Å². The zero-order chi connectivity index (χ0) is 40.3. The standard InChI is InChI=1S/C55H37N5/c56-36-37-15-13-20-42(33-37)38-29-31-39(32-30-38)51-35-52(59-54(58-51)40-16-3-1-4-17-40)48-26-10-9-25-47(48)46-24-8-7-23-45(46)43-21-14-22-44(34-43)53-49-27-11-12-28-50(49)57-55(60-53)41-18-5-2-6-19-41/h1-35,54,59H. The molecule has 0 saturated carbocycles. The fourth-order valence-corrected chi connectivity index (χ4v) is 8.01. The molecule has 9 aromatic rings. The van der Waals surface area contributed by atoms with Crippen LogP contribution in [0.15, 0.2) is 217 Å². The monoisotopic (exact) mass is 767 g/mol. The lowest BCUT2D eigenvalue weighted by Crippen LogP contribution is -2.25. The van der Waals surface area contributed by atoms with Crippen molar-refractivity contribution in [1.82, 2.24) is 15.3 Å². The van der Waals surface area contributed by atoms with Crippen molar-refractivity contribution in [3.8, 4) is 62.1 Å². The van der Waals surface area contributed by atoms with Gasteiger partial charge in [0.2, 0.25) is 0 Å². The average Bonchev–Trinajstić information content (AvgIpc) is 3.34. The van der Waals surface area contributed by atoms with Crippen molar-refractivity contribution in [2.75, 3.05) is 0 Å². The maximum Gasteiger partial charge on any atom is 0.160 e. The number of allylic oxidation sites excluding steroid dienone is 1. The first kappa shape index (κ1) is 36.2. The third kappa shape index (κ3) is 7.15. The van der Waals surface area contributed by atoms with E-state index in [1.54, 1.807) is 0 Å². The summed E-state index contributed by atoms with van der Waals surface area (Å²) in [6.07, 6.45) is 1.87. The summed E-state index contributed by atoms with van der Waals surface area (Å²) >= 11 is 0. The molecule has 1 atom stereocenters. The van der Waals surface area contributed by atoms with E-state index >= 15 is 0 Å². The van der Waals surface area contributed by atoms with Crippen LogP contribution in [0.2, 0.25) is 0 Å². The van der Waals surface area contributed by atoms with Gasteiger partial charge in [-0.15, -0.1) is 0 Å². The molecule has 0 bridgehead atoms. The Kier molecular flexibility index (Phi) is 9.63. The lowest BCUT2D eigenvalue weighted by atomic mass is 9.89. The Bertz CT molecular complexity index is 3120. The van der Waals surface area contributed by atoms with E-state index in [-0.39, 0.29) is 6.17 Å². The number of aromatic nitrogens is 2. The Morgan fingerprint density at radius 1 is 0.450 bits per heavy atom. The first-order chi connectivity index (χ1) is 29.7. The molecule has 60 heavy (non-hydrogen) atoms. The fourth-order valence-electron chi connectivity index (χ4n) is 8.01. The van der Waals surface area contributed by atoms with Gasteiger partial charge in [-0.2, -0.15) is 5.26 Å². The normalized spacial score (nSPS) is 13.5. The van der Waals surface area contributed by atoms with E-state index < -0.39 is 0 Å². The van der Waals surface area contributed by atoms with E-state index in [1.807, 2.05) is 60.7 Å². The van der Waals surface area contributed by atoms with Gasteiger partial charge in [0.25, 0.3) is 0 Å². The van der Waals surface area contributed by atoms with E-state index in [2.05, 4.69) is 163 Å². The van der Waals surface area contributed by atoms with E-state index in [0.29, 0.717) is 11.4 Å². The van der Waals surface area contributed by atoms with Gasteiger partial charge in [-0.25, -0.2) is 9.97 Å². The highest BCUT2D eigenvalue weighted by atomic mass is 15.1. The minimum Gasteiger partial charge on any atom is -0.359 e. The molecule has 0 fully saturated rings. The molecule has 5 heteroatoms. The second-order valence-corrected chi connectivity index (χ2v) is 14.8. The molecule has 282 valence electrons. The Labute approximate surface area is 349 Å². The van der Waals surface area contributed by atoms with E-state index in [9.17, 15) is 5.26 Å². The van der Waals surface area contributed by atoms with Crippen LogP contribution < -0.4 is 5.32 Å². The summed E-state index contributed by atoms with van der Waals surface area (Å²) < 4.78 is 0. The number of fused-ring (bicyclic) bond motifs is 1. The lowest BCUT2D eigenvalue weighted by Gasteiger charge is -2.26. The van der Waals surface area contributed by atoms with Crippen LogP contribution in [-0.2, 0) is 0 Å². The quantitative estimate of drug-likeness (QED) is 0.167. The van der Waals surface area contributed by atoms with Crippen molar-refractivity contribution in [3.63, 3.8) is 0 Å². The van der Waals surface area contributed by atoms with Crippen molar-refractivity contribution >= 4 is 22.3 Å². The number of nitrogens with zero attached hydrogens (tertiary/aromatic N) is 4. The van der Waals surface area contributed by atoms with Gasteiger partial charge in [0.15, 0.2) is 5.82 Å². The fraction of sp³-hybridized carbons (Fsp3) is 0.0182. The van der Waals surface area contributed by atoms with Gasteiger partial charge in [0.05, 0.1) is 28.6 Å². The van der Waals surface area contributed by atoms with E-state index in [4.69, 9.17) is 15.0 Å². The number of nitriles is 1. The van der Waals surface area contributed by atoms with Crippen LogP contribution in [0.4, 0.5) is 0 Å². The van der Waals surface area contributed by atoms with Crippen molar-refractivity contribution in [1.29, 1.82) is 5.26 Å². The maximum atomic E-state index is 9.47. The van der Waals surface area contributed by atoms with Crippen molar-refractivity contribution in [3.05, 3.63) is 235 Å². The number of hydrogen-bond acceptors (Lipinski definition) is 5. The van der Waals surface area contributed by atoms with Crippen LogP contribution in [0.25, 0.3) is 72.6 Å². The smallest absolute Gasteiger partial charge is 0.160 e. The second kappa shape index (κ2) is 16.0. The van der Waals surface area contributed by atoms with Crippen LogP contribution >= 0.6 is 0 Å². The van der Waals surface area contributed by atoms with Crippen molar-refractivity contribution < 1.29 is 0 Å². The van der Waals surface area contributed by atoms with Gasteiger partial charge in [-0.05, 0) is 74.8 Å². The molecule has 0 radical (unpaired) electrons. The molecule has 1 unspecified atom stereocenters. The molecule has 1 aliphatic rings. The molecule has 5 nitrogen and oxygen atoms in total. The van der Waals surface area contributed by atoms with Crippen LogP contribution in [0.3, 0.4) is 0 Å². The molecule has 0 saturated heterocycles. The topological polar surface area (TPSA) is 74.0 Å². The minimum absolute atomic E-state index is 0.295. The zero-order valence-corrected chi connectivity index (χ0v) is 32.6. The molecule has 2 heterocycles. The van der Waals surface area contributed by atoms with Crippen molar-refractivity contribution in [2.45, 2.75) is 6.17 Å². The number of benzene rings is 8. The maximum absolute atomic E-state index is 9.47. The molecular weight excluding hydrogens is 731 g/mol. The Morgan fingerprint density at radius 2 is 1.05 bits per heavy atom. The lowest BCUT2D eigenvalue weighted by molar-refractivity contribution is 0.664. The Morgan fingerprint density at radius 3 is 1.83 bits per heavy atom. The number of rotatable bonds is 8. The number of aliphatic imine (C=N–C) groups is 1. The molecule has 1 N–H and O–H groups in total. The molecule has 1 aromatic heterocycles. The van der Waals surface area contributed by atoms with Crippen LogP contribution in [0, 0.1) is 11.3 Å². The number of hydrogen-bond donors (Lipinski definition) is 1. The summed E-state index contributed by atoms with van der Waals surface area (Å²) in [6.45, 7) is 0. The van der Waals surface area contributed by atoms with Crippen molar-refractivity contribution in [2.24, 2.45) is 4.99 Å². The number of para-hydroxylation sites is 1. The highest BCUT2D eigenvalue weighted by Crippen LogP contribution is 2.39. The predicted molar refractivity (Wildman–Crippen MR) is 245 cm³/mol. The molecule has 8 aromatic carbocycles. The van der Waals surface area contributed by atoms with Gasteiger partial charge in [0, 0.05) is 27.8 Å². The van der Waals surface area contributed by atoms with E-state index in [0.717, 1.165) is 89.2 Å². The average molecular weight is 768 g/mol. The summed E-state index contributed by atoms with van der Waals surface area (Å²) in [6, 6.07) is 73.1. The van der Waals surface area contributed by atoms with Gasteiger partial charge in [-0.3, -0.25) is 4.99 Å². The summed E-state index contributed by atoms with van der Waals surface area (Å²) in [7, 11) is 0. The number of nitrogens with one attached hydrogen (secondary N) is 1. The SMILES string of the molecule is N#Cc1cccc(-c2ccc(C3=NC(c4ccccc4)NC(c4ccccc4-c4ccccc4-c4cccc(-c5nc(-c6ccccc6)nc6ccccc56)c4)=C3)cc2)c1. The molecular formula is C55H37N5. The van der Waals surface area contributed by atoms with Crippen LogP contribution in [0.5, 0.6) is 0 Å². The zero-order valence-electron chi connectivity index (χ0n) is 32.6. The van der Waals surface area contributed by atoms with Gasteiger partial charge < -0.3 is 5.32 Å². The Balaban J connectivity index is 1.06. The molecule has 1 aliphatic heterocycles. The molecule has 0 aliphatic carbocycles. The van der Waals surface area contributed by atoms with E-state index in [1.165, 1.54) is 0 Å². The van der Waals surface area contributed by atoms with Gasteiger partial charge >= 0.3 is 0 Å². The van der Waals surface area contributed by atoms with Crippen LogP contribution in [0.1, 0.15) is 28.4 Å². The molecule has 0 amide bonds. The van der Waals surface area contributed by atoms with Gasteiger partial charge in [-0.1, -0.05) is 182 Å². The summed E-state index contributed by atoms with van der Waals surface area (Å²) in [5.41, 5.74) is 16.0. The minimum atomic E-state index is -0.295. The first-order valence-electron chi connectivity index (χ1n) is 20.0. The second-order valence-electron chi connectivity index (χ2n) is 14.8. The molecule has 0 spiro atoms. The summed E-state index contributed by atoms with van der Waals surface area (Å²) in [4.78, 5) is 15.4. The molecule has 10 rings (SSSR count). The third-order valence-electron chi connectivity index (χ3n) is 11.0.